The van der Waals surface area contributed by atoms with Gasteiger partial charge in [0.25, 0.3) is 0 Å². The molecule has 1 atom stereocenters. The molecule has 2 rings (SSSR count). The molecule has 1 aliphatic rings. The Morgan fingerprint density at radius 1 is 1.68 bits per heavy atom. The summed E-state index contributed by atoms with van der Waals surface area (Å²) in [5.41, 5.74) is -0.155. The number of aromatic nitrogens is 3. The first-order valence-electron chi connectivity index (χ1n) is 6.68. The smallest absolute Gasteiger partial charge is 0.299 e. The Labute approximate surface area is 116 Å². The highest BCUT2D eigenvalue weighted by molar-refractivity contribution is 7.99. The van der Waals surface area contributed by atoms with Crippen LogP contribution in [0.4, 0.5) is 0 Å². The topological polar surface area (TPSA) is 86.5 Å². The highest BCUT2D eigenvalue weighted by Crippen LogP contribution is 2.21. The first-order valence-corrected chi connectivity index (χ1v) is 7.66. The van der Waals surface area contributed by atoms with E-state index in [1.54, 1.807) is 4.57 Å². The van der Waals surface area contributed by atoms with Gasteiger partial charge in [0.15, 0.2) is 5.16 Å². The van der Waals surface area contributed by atoms with Gasteiger partial charge in [-0.05, 0) is 25.7 Å². The molecule has 1 heterocycles. The predicted molar refractivity (Wildman–Crippen MR) is 74.0 cm³/mol. The predicted octanol–water partition coefficient (Wildman–Crippen LogP) is 1.11. The molecule has 1 aromatic heterocycles. The molecule has 1 saturated carbocycles. The summed E-state index contributed by atoms with van der Waals surface area (Å²) in [4.78, 5) is 11.5. The van der Waals surface area contributed by atoms with Crippen LogP contribution in [-0.4, -0.2) is 32.6 Å². The van der Waals surface area contributed by atoms with E-state index in [9.17, 15) is 4.79 Å². The van der Waals surface area contributed by atoms with Crippen LogP contribution in [0.3, 0.4) is 0 Å². The van der Waals surface area contributed by atoms with E-state index in [1.807, 2.05) is 6.92 Å². The summed E-state index contributed by atoms with van der Waals surface area (Å²) in [7, 11) is 0. The zero-order chi connectivity index (χ0) is 13.7. The molecule has 0 aliphatic heterocycles. The average molecular weight is 281 g/mol. The molecule has 7 heteroatoms. The van der Waals surface area contributed by atoms with Crippen molar-refractivity contribution in [3.8, 4) is 6.07 Å². The lowest BCUT2D eigenvalue weighted by Gasteiger charge is -2.09. The molecule has 104 valence electrons. The molecular weight excluding hydrogens is 262 g/mol. The van der Waals surface area contributed by atoms with E-state index in [2.05, 4.69) is 21.6 Å². The monoisotopic (exact) mass is 281 g/mol. The van der Waals surface area contributed by atoms with Crippen molar-refractivity contribution < 1.29 is 0 Å². The first-order chi connectivity index (χ1) is 9.24. The highest BCUT2D eigenvalue weighted by atomic mass is 32.2. The Morgan fingerprint density at radius 3 is 3.11 bits per heavy atom. The molecule has 0 radical (unpaired) electrons. The standard InChI is InChI=1S/C12H19N5OS/c1-2-6-17-11(18)15-16-12(17)19-7-5-10(8-13)14-9-3-4-9/h9-10,14H,2-7H2,1H3,(H,15,18). The molecule has 0 spiro atoms. The van der Waals surface area contributed by atoms with Gasteiger partial charge in [-0.25, -0.2) is 9.89 Å². The van der Waals surface area contributed by atoms with Gasteiger partial charge < -0.3 is 0 Å². The highest BCUT2D eigenvalue weighted by Gasteiger charge is 2.24. The fourth-order valence-electron chi connectivity index (χ4n) is 1.82. The second kappa shape index (κ2) is 6.78. The van der Waals surface area contributed by atoms with Gasteiger partial charge in [0.05, 0.1) is 12.1 Å². The molecule has 0 bridgehead atoms. The third kappa shape index (κ3) is 4.11. The zero-order valence-electron chi connectivity index (χ0n) is 11.1. The number of thioether (sulfide) groups is 1. The number of nitrogens with one attached hydrogen (secondary N) is 2. The average Bonchev–Trinajstić information content (AvgIpc) is 3.16. The Hall–Kier alpha value is -1.26. The van der Waals surface area contributed by atoms with Gasteiger partial charge in [0, 0.05) is 18.3 Å². The number of aromatic amines is 1. The summed E-state index contributed by atoms with van der Waals surface area (Å²) >= 11 is 1.53. The van der Waals surface area contributed by atoms with Gasteiger partial charge in [-0.15, -0.1) is 5.10 Å². The molecule has 1 fully saturated rings. The van der Waals surface area contributed by atoms with Crippen molar-refractivity contribution >= 4 is 11.8 Å². The number of hydrogen-bond donors (Lipinski definition) is 2. The fourth-order valence-corrected chi connectivity index (χ4v) is 2.80. The summed E-state index contributed by atoms with van der Waals surface area (Å²) in [5.74, 6) is 0.784. The van der Waals surface area contributed by atoms with Crippen molar-refractivity contribution in [3.05, 3.63) is 10.5 Å². The minimum Gasteiger partial charge on any atom is -0.299 e. The number of nitrogens with zero attached hydrogens (tertiary/aromatic N) is 3. The van der Waals surface area contributed by atoms with Gasteiger partial charge in [0.2, 0.25) is 0 Å². The van der Waals surface area contributed by atoms with Crippen molar-refractivity contribution in [2.45, 2.75) is 56.4 Å². The summed E-state index contributed by atoms with van der Waals surface area (Å²) in [6.07, 6.45) is 4.03. The summed E-state index contributed by atoms with van der Waals surface area (Å²) in [6, 6.07) is 2.73. The second-order valence-electron chi connectivity index (χ2n) is 4.72. The molecule has 2 N–H and O–H groups in total. The number of nitriles is 1. The maximum atomic E-state index is 11.5. The van der Waals surface area contributed by atoms with Gasteiger partial charge >= 0.3 is 5.69 Å². The maximum Gasteiger partial charge on any atom is 0.343 e. The lowest BCUT2D eigenvalue weighted by molar-refractivity contribution is 0.584. The Bertz CT molecular complexity index is 499. The van der Waals surface area contributed by atoms with E-state index in [0.29, 0.717) is 12.6 Å². The second-order valence-corrected chi connectivity index (χ2v) is 5.78. The molecule has 19 heavy (non-hydrogen) atoms. The van der Waals surface area contributed by atoms with Crippen LogP contribution in [0, 0.1) is 11.3 Å². The molecule has 1 unspecified atom stereocenters. The van der Waals surface area contributed by atoms with E-state index in [1.165, 1.54) is 24.6 Å². The largest absolute Gasteiger partial charge is 0.343 e. The van der Waals surface area contributed by atoms with Gasteiger partial charge in [-0.2, -0.15) is 5.26 Å². The quantitative estimate of drug-likeness (QED) is 0.697. The summed E-state index contributed by atoms with van der Waals surface area (Å²) in [6.45, 7) is 2.71. The normalized spacial score (nSPS) is 16.2. The fraction of sp³-hybridized carbons (Fsp3) is 0.750. The molecule has 1 aromatic rings. The minimum atomic E-state index is -0.155. The SMILES string of the molecule is CCCn1c(SCCC(C#N)NC2CC2)n[nH]c1=O. The van der Waals surface area contributed by atoms with Crippen LogP contribution in [0.1, 0.15) is 32.6 Å². The van der Waals surface area contributed by atoms with Crippen LogP contribution in [-0.2, 0) is 6.54 Å². The Kier molecular flexibility index (Phi) is 5.05. The molecular formula is C12H19N5OS. The number of rotatable bonds is 8. The van der Waals surface area contributed by atoms with E-state index in [-0.39, 0.29) is 11.7 Å². The first kappa shape index (κ1) is 14.2. The molecule has 0 amide bonds. The van der Waals surface area contributed by atoms with Crippen LogP contribution in [0.2, 0.25) is 0 Å². The van der Waals surface area contributed by atoms with Crippen LogP contribution < -0.4 is 11.0 Å². The number of hydrogen-bond acceptors (Lipinski definition) is 5. The van der Waals surface area contributed by atoms with E-state index in [0.717, 1.165) is 23.8 Å². The third-order valence-electron chi connectivity index (χ3n) is 2.98. The summed E-state index contributed by atoms with van der Waals surface area (Å²) in [5, 5.41) is 19.6. The lowest BCUT2D eigenvalue weighted by atomic mass is 10.2. The molecule has 6 nitrogen and oxygen atoms in total. The zero-order valence-corrected chi connectivity index (χ0v) is 11.9. The van der Waals surface area contributed by atoms with Crippen LogP contribution in [0.5, 0.6) is 0 Å². The lowest BCUT2D eigenvalue weighted by Crippen LogP contribution is -2.30. The van der Waals surface area contributed by atoms with E-state index >= 15 is 0 Å². The van der Waals surface area contributed by atoms with Crippen molar-refractivity contribution in [2.24, 2.45) is 0 Å². The van der Waals surface area contributed by atoms with Crippen molar-refractivity contribution in [1.82, 2.24) is 20.1 Å². The van der Waals surface area contributed by atoms with Crippen molar-refractivity contribution in [2.75, 3.05) is 5.75 Å². The van der Waals surface area contributed by atoms with Gasteiger partial charge in [-0.1, -0.05) is 18.7 Å². The van der Waals surface area contributed by atoms with Crippen LogP contribution in [0.15, 0.2) is 9.95 Å². The van der Waals surface area contributed by atoms with E-state index < -0.39 is 0 Å². The molecule has 1 aliphatic carbocycles. The minimum absolute atomic E-state index is 0.0923. The van der Waals surface area contributed by atoms with Crippen molar-refractivity contribution in [1.29, 1.82) is 5.26 Å². The summed E-state index contributed by atoms with van der Waals surface area (Å²) < 4.78 is 1.65. The molecule has 0 saturated heterocycles. The number of H-pyrrole nitrogens is 1. The van der Waals surface area contributed by atoms with Gasteiger partial charge in [-0.3, -0.25) is 9.88 Å². The Morgan fingerprint density at radius 2 is 2.47 bits per heavy atom. The van der Waals surface area contributed by atoms with Crippen LogP contribution in [0.25, 0.3) is 0 Å². The third-order valence-corrected chi connectivity index (χ3v) is 3.99. The Balaban J connectivity index is 1.81. The molecule has 0 aromatic carbocycles. The maximum absolute atomic E-state index is 11.5. The van der Waals surface area contributed by atoms with Crippen LogP contribution >= 0.6 is 11.8 Å². The van der Waals surface area contributed by atoms with Crippen molar-refractivity contribution in [3.63, 3.8) is 0 Å². The van der Waals surface area contributed by atoms with Gasteiger partial charge in [0.1, 0.15) is 0 Å². The van der Waals surface area contributed by atoms with E-state index in [4.69, 9.17) is 5.26 Å².